The minimum absolute atomic E-state index is 0.252. The Hall–Kier alpha value is -1.99. The topological polar surface area (TPSA) is 85.8 Å². The first-order chi connectivity index (χ1) is 21.1. The third-order valence-corrected chi connectivity index (χ3v) is 10.5. The summed E-state index contributed by atoms with van der Waals surface area (Å²) in [4.78, 5) is 13.8. The maximum absolute atomic E-state index is 12.8. The number of hydrogen-bond donors (Lipinski definition) is 3. The van der Waals surface area contributed by atoms with Crippen molar-refractivity contribution in [3.05, 3.63) is 53.7 Å². The fourth-order valence-electron chi connectivity index (χ4n) is 7.62. The third-order valence-electron chi connectivity index (χ3n) is 8.90. The van der Waals surface area contributed by atoms with E-state index in [2.05, 4.69) is 129 Å². The standard InChI is InChI=1S/C26H44B10ClN6O2P/c1-45-18-10-14(42-12-22(27,28)24(44,23(29,30)13-42)43(25(31,32)33)26(34,35)36)8-9-16(18)40-21-38-11-15(37)20(41-21)39-17-6-4-5-7-19(17)46(2)3/h4-11,44H,12-13,27-36H2,1-3H3,(H2,38,39,40,41). The summed E-state index contributed by atoms with van der Waals surface area (Å²) >= 11 is 6.52. The van der Waals surface area contributed by atoms with Crippen LogP contribution in [0.25, 0.3) is 0 Å². The highest BCUT2D eigenvalue weighted by Gasteiger charge is 2.63. The average Bonchev–Trinajstić information content (AvgIpc) is 2.92. The molecule has 3 N–H and O–H groups in total. The second-order valence-corrected chi connectivity index (χ2v) is 18.6. The van der Waals surface area contributed by atoms with E-state index in [1.807, 2.05) is 30.3 Å². The average molecular weight is 647 g/mol. The molecule has 2 heterocycles. The van der Waals surface area contributed by atoms with Crippen molar-refractivity contribution < 1.29 is 9.84 Å². The number of anilines is 5. The Kier molecular flexibility index (Phi) is 10.5. The van der Waals surface area contributed by atoms with Gasteiger partial charge >= 0.3 is 0 Å². The minimum atomic E-state index is -1.08. The van der Waals surface area contributed by atoms with Crippen LogP contribution in [0.5, 0.6) is 5.75 Å². The van der Waals surface area contributed by atoms with Crippen LogP contribution in [0, 0.1) is 0 Å². The van der Waals surface area contributed by atoms with Gasteiger partial charge in [-0.1, -0.05) is 48.2 Å². The SMILES string of the molecule is BC(B)(B)N(C(B)(B)B)C1(O)C(B)(B)CN(c2ccc(Nc3ncc(Cl)c(Nc4ccccc4P(C)C)n3)c(OC)c2)CC1(B)B. The largest absolute Gasteiger partial charge is 0.494 e. The van der Waals surface area contributed by atoms with Gasteiger partial charge in [-0.2, -0.15) is 4.98 Å². The summed E-state index contributed by atoms with van der Waals surface area (Å²) < 4.78 is 5.87. The number of para-hydroxylation sites is 1. The Morgan fingerprint density at radius 3 is 2.07 bits per heavy atom. The first kappa shape index (κ1) is 36.8. The highest BCUT2D eigenvalue weighted by atomic mass is 35.5. The zero-order valence-corrected chi connectivity index (χ0v) is 31.7. The lowest BCUT2D eigenvalue weighted by atomic mass is 9.29. The number of aromatic nitrogens is 2. The third kappa shape index (κ3) is 7.21. The summed E-state index contributed by atoms with van der Waals surface area (Å²) in [5, 5.41) is 19.8. The first-order valence-electron chi connectivity index (χ1n) is 15.9. The maximum atomic E-state index is 12.8. The molecule has 0 atom stereocenters. The molecule has 0 amide bonds. The zero-order valence-electron chi connectivity index (χ0n) is 30.0. The van der Waals surface area contributed by atoms with Crippen LogP contribution in [0.15, 0.2) is 48.7 Å². The first-order valence-corrected chi connectivity index (χ1v) is 18.5. The summed E-state index contributed by atoms with van der Waals surface area (Å²) in [6.07, 6.45) is 1.60. The molecule has 1 saturated heterocycles. The molecule has 4 rings (SSSR count). The number of methoxy groups -OCH3 is 1. The van der Waals surface area contributed by atoms with Crippen molar-refractivity contribution in [1.29, 1.82) is 0 Å². The Morgan fingerprint density at radius 1 is 0.935 bits per heavy atom. The van der Waals surface area contributed by atoms with E-state index in [-0.39, 0.29) is 18.4 Å². The Labute approximate surface area is 290 Å². The number of benzene rings is 2. The molecule has 1 aromatic heterocycles. The smallest absolute Gasteiger partial charge is 0.229 e. The van der Waals surface area contributed by atoms with Gasteiger partial charge in [0.1, 0.15) is 95.0 Å². The minimum Gasteiger partial charge on any atom is -0.494 e. The fourth-order valence-corrected chi connectivity index (χ4v) is 8.76. The number of rotatable bonds is 10. The number of nitrogens with zero attached hydrogens (tertiary/aromatic N) is 4. The van der Waals surface area contributed by atoms with Gasteiger partial charge in [0.25, 0.3) is 0 Å². The zero-order chi connectivity index (χ0) is 34.5. The molecule has 0 radical (unpaired) electrons. The van der Waals surface area contributed by atoms with Crippen molar-refractivity contribution in [2.24, 2.45) is 0 Å². The number of hydrogen-bond acceptors (Lipinski definition) is 8. The predicted molar refractivity (Wildman–Crippen MR) is 227 cm³/mol. The molecule has 0 bridgehead atoms. The molecule has 0 aliphatic carbocycles. The molecule has 8 nitrogen and oxygen atoms in total. The van der Waals surface area contributed by atoms with Crippen molar-refractivity contribution in [1.82, 2.24) is 14.9 Å². The lowest BCUT2D eigenvalue weighted by Crippen LogP contribution is -2.81. The summed E-state index contributed by atoms with van der Waals surface area (Å²) in [7, 11) is 23.2. The molecule has 46 heavy (non-hydrogen) atoms. The lowest BCUT2D eigenvalue weighted by molar-refractivity contribution is -0.148. The van der Waals surface area contributed by atoms with E-state index in [0.717, 1.165) is 17.1 Å². The van der Waals surface area contributed by atoms with Gasteiger partial charge in [-0.25, -0.2) is 4.98 Å². The molecule has 20 heteroatoms. The summed E-state index contributed by atoms with van der Waals surface area (Å²) in [6.45, 7) is 5.78. The number of halogens is 1. The summed E-state index contributed by atoms with van der Waals surface area (Å²) in [5.74, 6) is 1.60. The Bertz CT molecular complexity index is 1540. The van der Waals surface area contributed by atoms with Gasteiger partial charge in [0.15, 0.2) is 5.82 Å². The van der Waals surface area contributed by atoms with E-state index >= 15 is 0 Å². The quantitative estimate of drug-likeness (QED) is 0.114. The lowest BCUT2D eigenvalue weighted by Gasteiger charge is -2.70. The van der Waals surface area contributed by atoms with Crippen molar-refractivity contribution in [3.8, 4) is 5.75 Å². The molecule has 0 saturated carbocycles. The monoisotopic (exact) mass is 648 g/mol. The van der Waals surface area contributed by atoms with Gasteiger partial charge in [0.2, 0.25) is 5.95 Å². The van der Waals surface area contributed by atoms with Crippen LogP contribution in [-0.4, -0.2) is 148 Å². The molecule has 232 valence electrons. The number of ether oxygens (including phenoxy) is 1. The molecule has 1 aliphatic heterocycles. The second-order valence-electron chi connectivity index (χ2n) is 15.9. The molecular weight excluding hydrogens is 603 g/mol. The van der Waals surface area contributed by atoms with Crippen LogP contribution in [0.4, 0.5) is 28.8 Å². The molecule has 0 spiro atoms. The highest BCUT2D eigenvalue weighted by molar-refractivity contribution is 7.64. The fraction of sp³-hybridized carbons (Fsp3) is 0.385. The number of nitrogens with one attached hydrogen (secondary N) is 2. The van der Waals surface area contributed by atoms with Crippen LogP contribution < -0.4 is 25.6 Å². The van der Waals surface area contributed by atoms with Gasteiger partial charge in [0, 0.05) is 30.5 Å². The summed E-state index contributed by atoms with van der Waals surface area (Å²) in [5.41, 5.74) is 1.67. The molecule has 2 aromatic carbocycles. The highest BCUT2D eigenvalue weighted by Crippen LogP contribution is 2.56. The number of piperidine rings is 1. The van der Waals surface area contributed by atoms with E-state index in [9.17, 15) is 5.11 Å². The van der Waals surface area contributed by atoms with E-state index in [1.165, 1.54) is 5.30 Å². The molecule has 3 aromatic rings. The molecular formula is C26H44B10ClN6O2P. The summed E-state index contributed by atoms with van der Waals surface area (Å²) in [6, 6.07) is 14.3. The van der Waals surface area contributed by atoms with Crippen LogP contribution in [0.1, 0.15) is 0 Å². The van der Waals surface area contributed by atoms with E-state index in [4.69, 9.17) is 21.3 Å². The van der Waals surface area contributed by atoms with Crippen molar-refractivity contribution in [2.45, 2.75) is 26.6 Å². The van der Waals surface area contributed by atoms with Gasteiger partial charge in [-0.3, -0.25) is 0 Å². The van der Waals surface area contributed by atoms with Gasteiger partial charge < -0.3 is 30.3 Å². The van der Waals surface area contributed by atoms with Gasteiger partial charge in [-0.15, -0.1) is 0 Å². The van der Waals surface area contributed by atoms with Crippen LogP contribution in [0.3, 0.4) is 0 Å². The predicted octanol–water partition coefficient (Wildman–Crippen LogP) is -5.41. The maximum Gasteiger partial charge on any atom is 0.229 e. The number of aliphatic hydroxyl groups is 1. The van der Waals surface area contributed by atoms with E-state index < -0.39 is 16.2 Å². The van der Waals surface area contributed by atoms with Crippen molar-refractivity contribution in [3.63, 3.8) is 0 Å². The van der Waals surface area contributed by atoms with E-state index in [1.54, 1.807) is 13.3 Å². The van der Waals surface area contributed by atoms with Crippen molar-refractivity contribution in [2.75, 3.05) is 49.1 Å². The van der Waals surface area contributed by atoms with Gasteiger partial charge in [-0.05, 0) is 47.3 Å². The molecule has 0 unspecified atom stereocenters. The Balaban J connectivity index is 1.63. The van der Waals surface area contributed by atoms with Crippen LogP contribution in [0.2, 0.25) is 15.5 Å². The van der Waals surface area contributed by atoms with E-state index in [0.29, 0.717) is 35.6 Å². The van der Waals surface area contributed by atoms with Crippen LogP contribution >= 0.6 is 19.5 Å². The van der Waals surface area contributed by atoms with Gasteiger partial charge in [0.05, 0.1) is 19.0 Å². The normalized spacial score (nSPS) is 17.5. The Morgan fingerprint density at radius 2 is 1.52 bits per heavy atom. The van der Waals surface area contributed by atoms with Crippen molar-refractivity contribution >= 4 is 132 Å². The molecule has 1 aliphatic rings. The van der Waals surface area contributed by atoms with Crippen LogP contribution in [-0.2, 0) is 0 Å². The molecule has 1 fully saturated rings. The second kappa shape index (κ2) is 13.1.